The van der Waals surface area contributed by atoms with Crippen LogP contribution in [0.15, 0.2) is 0 Å². The van der Waals surface area contributed by atoms with Gasteiger partial charge < -0.3 is 15.2 Å². The van der Waals surface area contributed by atoms with Crippen LogP contribution in [-0.2, 0) is 9.53 Å². The normalized spacial score (nSPS) is 12.7. The highest BCUT2D eigenvalue weighted by molar-refractivity contribution is 5.66. The Hall–Kier alpha value is -0.610. The molecule has 0 bridgehead atoms. The zero-order valence-electron chi connectivity index (χ0n) is 9.79. The quantitative estimate of drug-likeness (QED) is 0.546. The molecule has 0 aliphatic carbocycles. The van der Waals surface area contributed by atoms with Crippen molar-refractivity contribution in [2.75, 3.05) is 19.8 Å². The number of rotatable bonds is 10. The third kappa shape index (κ3) is 11.3. The summed E-state index contributed by atoms with van der Waals surface area (Å²) in [6.07, 6.45) is 3.07. The van der Waals surface area contributed by atoms with Crippen molar-refractivity contribution in [3.05, 3.63) is 0 Å². The molecule has 1 atom stereocenters. The summed E-state index contributed by atoms with van der Waals surface area (Å²) in [5.41, 5.74) is 0. The predicted octanol–water partition coefficient (Wildman–Crippen LogP) is 1.65. The summed E-state index contributed by atoms with van der Waals surface area (Å²) in [5.74, 6) is -0.701. The van der Waals surface area contributed by atoms with Gasteiger partial charge in [-0.2, -0.15) is 0 Å². The summed E-state index contributed by atoms with van der Waals surface area (Å²) in [6.45, 7) is 6.51. The SMILES string of the molecule is CCOCC(C)NCCCCCC(=O)O. The Balaban J connectivity index is 3.12. The lowest BCUT2D eigenvalue weighted by molar-refractivity contribution is -0.137. The molecular weight excluding hydrogens is 194 g/mol. The minimum absolute atomic E-state index is 0.286. The molecule has 0 amide bonds. The molecule has 0 saturated heterocycles. The zero-order valence-corrected chi connectivity index (χ0v) is 9.79. The standard InChI is InChI=1S/C11H23NO3/c1-3-15-9-10(2)12-8-6-4-5-7-11(13)14/h10,12H,3-9H2,1-2H3,(H,13,14). The molecule has 0 heterocycles. The molecule has 0 aromatic heterocycles. The summed E-state index contributed by atoms with van der Waals surface area (Å²) >= 11 is 0. The molecule has 0 aliphatic rings. The number of carbonyl (C=O) groups is 1. The number of carboxylic acid groups (broad SMARTS) is 1. The van der Waals surface area contributed by atoms with Gasteiger partial charge in [0.25, 0.3) is 0 Å². The first-order chi connectivity index (χ1) is 7.16. The zero-order chi connectivity index (χ0) is 11.5. The Morgan fingerprint density at radius 1 is 1.40 bits per heavy atom. The summed E-state index contributed by atoms with van der Waals surface area (Å²) in [7, 11) is 0. The molecule has 0 aliphatic heterocycles. The summed E-state index contributed by atoms with van der Waals surface area (Å²) < 4.78 is 5.26. The van der Waals surface area contributed by atoms with E-state index < -0.39 is 5.97 Å². The second-order valence-corrected chi connectivity index (χ2v) is 3.72. The van der Waals surface area contributed by atoms with Crippen molar-refractivity contribution in [1.82, 2.24) is 5.32 Å². The number of hydrogen-bond donors (Lipinski definition) is 2. The highest BCUT2D eigenvalue weighted by Gasteiger charge is 2.00. The first kappa shape index (κ1) is 14.4. The summed E-state index contributed by atoms with van der Waals surface area (Å²) in [6, 6.07) is 0.379. The molecule has 0 rings (SSSR count). The van der Waals surface area contributed by atoms with Gasteiger partial charge in [0.05, 0.1) is 6.61 Å². The third-order valence-electron chi connectivity index (χ3n) is 2.13. The lowest BCUT2D eigenvalue weighted by Crippen LogP contribution is -2.31. The van der Waals surface area contributed by atoms with E-state index in [2.05, 4.69) is 12.2 Å². The van der Waals surface area contributed by atoms with Crippen LogP contribution < -0.4 is 5.32 Å². The lowest BCUT2D eigenvalue weighted by Gasteiger charge is -2.13. The average molecular weight is 217 g/mol. The van der Waals surface area contributed by atoms with E-state index in [-0.39, 0.29) is 6.42 Å². The maximum Gasteiger partial charge on any atom is 0.303 e. The van der Waals surface area contributed by atoms with Crippen LogP contribution in [0.5, 0.6) is 0 Å². The molecule has 4 heteroatoms. The van der Waals surface area contributed by atoms with Crippen molar-refractivity contribution in [2.45, 2.75) is 45.6 Å². The maximum atomic E-state index is 10.2. The largest absolute Gasteiger partial charge is 0.481 e. The Kier molecular flexibility index (Phi) is 9.52. The molecule has 0 radical (unpaired) electrons. The second-order valence-electron chi connectivity index (χ2n) is 3.72. The van der Waals surface area contributed by atoms with Crippen LogP contribution in [-0.4, -0.2) is 36.9 Å². The first-order valence-corrected chi connectivity index (χ1v) is 5.69. The van der Waals surface area contributed by atoms with Crippen LogP contribution in [0.4, 0.5) is 0 Å². The Morgan fingerprint density at radius 2 is 2.13 bits per heavy atom. The molecule has 0 saturated carbocycles. The summed E-state index contributed by atoms with van der Waals surface area (Å²) in [4.78, 5) is 10.2. The molecule has 2 N–H and O–H groups in total. The molecule has 1 unspecified atom stereocenters. The van der Waals surface area contributed by atoms with Gasteiger partial charge in [0, 0.05) is 19.1 Å². The third-order valence-corrected chi connectivity index (χ3v) is 2.13. The average Bonchev–Trinajstić information content (AvgIpc) is 2.19. The number of unbranched alkanes of at least 4 members (excludes halogenated alkanes) is 2. The highest BCUT2D eigenvalue weighted by atomic mass is 16.5. The van der Waals surface area contributed by atoms with Crippen LogP contribution in [0, 0.1) is 0 Å². The number of carboxylic acids is 1. The van der Waals surface area contributed by atoms with Crippen molar-refractivity contribution >= 4 is 5.97 Å². The second kappa shape index (κ2) is 9.93. The van der Waals surface area contributed by atoms with Crippen molar-refractivity contribution in [3.63, 3.8) is 0 Å². The smallest absolute Gasteiger partial charge is 0.303 e. The van der Waals surface area contributed by atoms with Gasteiger partial charge in [-0.25, -0.2) is 0 Å². The Bertz CT molecular complexity index is 162. The fourth-order valence-corrected chi connectivity index (χ4v) is 1.28. The minimum atomic E-state index is -0.701. The topological polar surface area (TPSA) is 58.6 Å². The molecule has 0 fully saturated rings. The van der Waals surface area contributed by atoms with Gasteiger partial charge in [0.2, 0.25) is 0 Å². The van der Waals surface area contributed by atoms with Crippen LogP contribution in [0.2, 0.25) is 0 Å². The number of aliphatic carboxylic acids is 1. The van der Waals surface area contributed by atoms with E-state index in [1.54, 1.807) is 0 Å². The van der Waals surface area contributed by atoms with E-state index >= 15 is 0 Å². The molecule has 15 heavy (non-hydrogen) atoms. The lowest BCUT2D eigenvalue weighted by atomic mass is 10.2. The molecule has 0 spiro atoms. The van der Waals surface area contributed by atoms with Gasteiger partial charge in [-0.1, -0.05) is 6.42 Å². The van der Waals surface area contributed by atoms with Gasteiger partial charge >= 0.3 is 5.97 Å². The Labute approximate surface area is 92.0 Å². The van der Waals surface area contributed by atoms with E-state index in [4.69, 9.17) is 9.84 Å². The number of hydrogen-bond acceptors (Lipinski definition) is 3. The Morgan fingerprint density at radius 3 is 2.73 bits per heavy atom. The van der Waals surface area contributed by atoms with Crippen molar-refractivity contribution in [1.29, 1.82) is 0 Å². The van der Waals surface area contributed by atoms with Gasteiger partial charge in [0.1, 0.15) is 0 Å². The van der Waals surface area contributed by atoms with Gasteiger partial charge in [0.15, 0.2) is 0 Å². The van der Waals surface area contributed by atoms with Gasteiger partial charge in [-0.15, -0.1) is 0 Å². The molecule has 90 valence electrons. The van der Waals surface area contributed by atoms with E-state index in [1.165, 1.54) is 0 Å². The van der Waals surface area contributed by atoms with Crippen molar-refractivity contribution in [3.8, 4) is 0 Å². The fourth-order valence-electron chi connectivity index (χ4n) is 1.28. The number of nitrogens with one attached hydrogen (secondary N) is 1. The van der Waals surface area contributed by atoms with E-state index in [1.807, 2.05) is 6.92 Å². The fraction of sp³-hybridized carbons (Fsp3) is 0.909. The predicted molar refractivity (Wildman–Crippen MR) is 60.1 cm³/mol. The van der Waals surface area contributed by atoms with Crippen LogP contribution in [0.1, 0.15) is 39.5 Å². The number of ether oxygens (including phenoxy) is 1. The van der Waals surface area contributed by atoms with Crippen molar-refractivity contribution < 1.29 is 14.6 Å². The van der Waals surface area contributed by atoms with Crippen LogP contribution in [0.25, 0.3) is 0 Å². The molecule has 0 aromatic rings. The first-order valence-electron chi connectivity index (χ1n) is 5.69. The van der Waals surface area contributed by atoms with E-state index in [0.717, 1.165) is 39.0 Å². The molecular formula is C11H23NO3. The van der Waals surface area contributed by atoms with Crippen LogP contribution >= 0.6 is 0 Å². The molecule has 4 nitrogen and oxygen atoms in total. The monoisotopic (exact) mass is 217 g/mol. The van der Waals surface area contributed by atoms with E-state index in [9.17, 15) is 4.79 Å². The van der Waals surface area contributed by atoms with Gasteiger partial charge in [-0.05, 0) is 33.2 Å². The van der Waals surface area contributed by atoms with Gasteiger partial charge in [-0.3, -0.25) is 4.79 Å². The maximum absolute atomic E-state index is 10.2. The van der Waals surface area contributed by atoms with Crippen molar-refractivity contribution in [2.24, 2.45) is 0 Å². The highest BCUT2D eigenvalue weighted by Crippen LogP contribution is 1.98. The minimum Gasteiger partial charge on any atom is -0.481 e. The van der Waals surface area contributed by atoms with E-state index in [0.29, 0.717) is 6.04 Å². The molecule has 0 aromatic carbocycles. The van der Waals surface area contributed by atoms with Crippen LogP contribution in [0.3, 0.4) is 0 Å². The summed E-state index contributed by atoms with van der Waals surface area (Å²) in [5, 5.41) is 11.8.